The van der Waals surface area contributed by atoms with Crippen molar-refractivity contribution in [2.75, 3.05) is 0 Å². The SMILES string of the molecule is C[C@@H](NCc1ccccc1O)c1cccc(OCc2ccccn2)c1. The van der Waals surface area contributed by atoms with E-state index in [1.165, 1.54) is 0 Å². The third kappa shape index (κ3) is 4.81. The molecule has 0 saturated carbocycles. The van der Waals surface area contributed by atoms with Crippen LogP contribution < -0.4 is 10.1 Å². The average Bonchev–Trinajstić information content (AvgIpc) is 2.66. The highest BCUT2D eigenvalue weighted by molar-refractivity contribution is 5.33. The van der Waals surface area contributed by atoms with Gasteiger partial charge in [0.25, 0.3) is 0 Å². The Morgan fingerprint density at radius 2 is 1.88 bits per heavy atom. The first-order valence-electron chi connectivity index (χ1n) is 8.35. The molecule has 0 spiro atoms. The van der Waals surface area contributed by atoms with E-state index in [9.17, 15) is 5.11 Å². The molecule has 1 atom stereocenters. The lowest BCUT2D eigenvalue weighted by Gasteiger charge is -2.16. The number of hydrogen-bond donors (Lipinski definition) is 2. The molecule has 128 valence electrons. The molecular formula is C21H22N2O2. The minimum Gasteiger partial charge on any atom is -0.508 e. The highest BCUT2D eigenvalue weighted by Crippen LogP contribution is 2.21. The fraction of sp³-hybridized carbons (Fsp3) is 0.190. The molecule has 3 rings (SSSR count). The van der Waals surface area contributed by atoms with Gasteiger partial charge in [-0.3, -0.25) is 4.98 Å². The van der Waals surface area contributed by atoms with Crippen molar-refractivity contribution in [2.24, 2.45) is 0 Å². The number of pyridine rings is 1. The summed E-state index contributed by atoms with van der Waals surface area (Å²) in [7, 11) is 0. The Balaban J connectivity index is 1.59. The van der Waals surface area contributed by atoms with E-state index in [0.717, 1.165) is 22.6 Å². The van der Waals surface area contributed by atoms with Crippen LogP contribution in [-0.4, -0.2) is 10.1 Å². The average molecular weight is 334 g/mol. The molecular weight excluding hydrogens is 312 g/mol. The summed E-state index contributed by atoms with van der Waals surface area (Å²) in [5.74, 6) is 1.13. The number of phenols is 1. The van der Waals surface area contributed by atoms with Crippen molar-refractivity contribution in [2.45, 2.75) is 26.1 Å². The lowest BCUT2D eigenvalue weighted by atomic mass is 10.1. The Morgan fingerprint density at radius 1 is 1.04 bits per heavy atom. The van der Waals surface area contributed by atoms with Crippen molar-refractivity contribution in [3.05, 3.63) is 89.7 Å². The van der Waals surface area contributed by atoms with Crippen LogP contribution in [0.15, 0.2) is 72.9 Å². The van der Waals surface area contributed by atoms with Crippen molar-refractivity contribution >= 4 is 0 Å². The number of aromatic nitrogens is 1. The largest absolute Gasteiger partial charge is 0.508 e. The monoisotopic (exact) mass is 334 g/mol. The number of ether oxygens (including phenoxy) is 1. The topological polar surface area (TPSA) is 54.4 Å². The maximum atomic E-state index is 9.85. The molecule has 4 heteroatoms. The number of rotatable bonds is 7. The van der Waals surface area contributed by atoms with Crippen molar-refractivity contribution in [1.82, 2.24) is 10.3 Å². The van der Waals surface area contributed by atoms with E-state index in [2.05, 4.69) is 23.3 Å². The molecule has 2 aromatic carbocycles. The van der Waals surface area contributed by atoms with Crippen LogP contribution in [0.25, 0.3) is 0 Å². The number of benzene rings is 2. The molecule has 0 bridgehead atoms. The third-order valence-electron chi connectivity index (χ3n) is 4.06. The first-order valence-corrected chi connectivity index (χ1v) is 8.35. The third-order valence-corrected chi connectivity index (χ3v) is 4.06. The van der Waals surface area contributed by atoms with E-state index < -0.39 is 0 Å². The molecule has 0 saturated heterocycles. The second kappa shape index (κ2) is 8.31. The highest BCUT2D eigenvalue weighted by atomic mass is 16.5. The summed E-state index contributed by atoms with van der Waals surface area (Å²) >= 11 is 0. The fourth-order valence-electron chi connectivity index (χ4n) is 2.56. The quantitative estimate of drug-likeness (QED) is 0.679. The van der Waals surface area contributed by atoms with Gasteiger partial charge in [-0.05, 0) is 42.8 Å². The minimum atomic E-state index is 0.137. The van der Waals surface area contributed by atoms with Crippen LogP contribution in [0.5, 0.6) is 11.5 Å². The van der Waals surface area contributed by atoms with Crippen molar-refractivity contribution in [3.63, 3.8) is 0 Å². The summed E-state index contributed by atoms with van der Waals surface area (Å²) in [6.45, 7) is 3.15. The standard InChI is InChI=1S/C21H22N2O2/c1-16(23-14-18-7-2-3-11-21(18)24)17-8-6-10-20(13-17)25-15-19-9-4-5-12-22-19/h2-13,16,23-24H,14-15H2,1H3/t16-/m1/s1. The van der Waals surface area contributed by atoms with Gasteiger partial charge in [-0.15, -0.1) is 0 Å². The van der Waals surface area contributed by atoms with Crippen LogP contribution in [0.3, 0.4) is 0 Å². The Bertz CT molecular complexity index is 806. The second-order valence-electron chi connectivity index (χ2n) is 5.91. The first-order chi connectivity index (χ1) is 12.2. The van der Waals surface area contributed by atoms with Gasteiger partial charge in [-0.25, -0.2) is 0 Å². The van der Waals surface area contributed by atoms with Gasteiger partial charge < -0.3 is 15.2 Å². The van der Waals surface area contributed by atoms with E-state index in [4.69, 9.17) is 4.74 Å². The van der Waals surface area contributed by atoms with E-state index in [-0.39, 0.29) is 6.04 Å². The van der Waals surface area contributed by atoms with Crippen molar-refractivity contribution < 1.29 is 9.84 Å². The van der Waals surface area contributed by atoms with Gasteiger partial charge in [0.05, 0.1) is 5.69 Å². The molecule has 0 aliphatic rings. The van der Waals surface area contributed by atoms with Crippen LogP contribution in [-0.2, 0) is 13.2 Å². The lowest BCUT2D eigenvalue weighted by molar-refractivity contribution is 0.300. The summed E-state index contributed by atoms with van der Waals surface area (Å²) in [5, 5.41) is 13.3. The number of nitrogens with zero attached hydrogens (tertiary/aromatic N) is 1. The Labute approximate surface area is 148 Å². The molecule has 1 aromatic heterocycles. The molecule has 25 heavy (non-hydrogen) atoms. The van der Waals surface area contributed by atoms with Crippen LogP contribution in [0, 0.1) is 0 Å². The number of para-hydroxylation sites is 1. The molecule has 2 N–H and O–H groups in total. The molecule has 0 fully saturated rings. The molecule has 0 unspecified atom stereocenters. The molecule has 4 nitrogen and oxygen atoms in total. The van der Waals surface area contributed by atoms with Gasteiger partial charge >= 0.3 is 0 Å². The second-order valence-corrected chi connectivity index (χ2v) is 5.91. The fourth-order valence-corrected chi connectivity index (χ4v) is 2.56. The summed E-state index contributed by atoms with van der Waals surface area (Å²) in [4.78, 5) is 4.26. The summed E-state index contributed by atoms with van der Waals surface area (Å²) in [6, 6.07) is 21.3. The number of hydrogen-bond acceptors (Lipinski definition) is 4. The zero-order valence-electron chi connectivity index (χ0n) is 14.2. The molecule has 3 aromatic rings. The van der Waals surface area contributed by atoms with E-state index in [0.29, 0.717) is 18.9 Å². The highest BCUT2D eigenvalue weighted by Gasteiger charge is 2.08. The lowest BCUT2D eigenvalue weighted by Crippen LogP contribution is -2.18. The molecule has 0 amide bonds. The molecule has 1 heterocycles. The van der Waals surface area contributed by atoms with Crippen LogP contribution in [0.2, 0.25) is 0 Å². The number of aromatic hydroxyl groups is 1. The van der Waals surface area contributed by atoms with Crippen molar-refractivity contribution in [1.29, 1.82) is 0 Å². The van der Waals surface area contributed by atoms with Crippen LogP contribution in [0.1, 0.15) is 29.8 Å². The van der Waals surface area contributed by atoms with Crippen LogP contribution in [0.4, 0.5) is 0 Å². The Hall–Kier alpha value is -2.85. The Morgan fingerprint density at radius 3 is 2.68 bits per heavy atom. The zero-order valence-corrected chi connectivity index (χ0v) is 14.2. The predicted octanol–water partition coefficient (Wildman–Crippen LogP) is 4.22. The summed E-state index contributed by atoms with van der Waals surface area (Å²) in [5.41, 5.74) is 2.92. The minimum absolute atomic E-state index is 0.137. The normalized spacial score (nSPS) is 11.9. The number of phenolic OH excluding ortho intramolecular Hbond substituents is 1. The molecule has 0 radical (unpaired) electrons. The van der Waals surface area contributed by atoms with E-state index >= 15 is 0 Å². The van der Waals surface area contributed by atoms with Gasteiger partial charge in [-0.1, -0.05) is 36.4 Å². The van der Waals surface area contributed by atoms with Gasteiger partial charge in [-0.2, -0.15) is 0 Å². The zero-order chi connectivity index (χ0) is 17.5. The summed E-state index contributed by atoms with van der Waals surface area (Å²) < 4.78 is 5.83. The van der Waals surface area contributed by atoms with E-state index in [1.807, 2.05) is 54.6 Å². The molecule has 0 aliphatic carbocycles. The summed E-state index contributed by atoms with van der Waals surface area (Å²) in [6.07, 6.45) is 1.76. The Kier molecular flexibility index (Phi) is 5.65. The van der Waals surface area contributed by atoms with Gasteiger partial charge in [0, 0.05) is 24.3 Å². The maximum absolute atomic E-state index is 9.85. The van der Waals surface area contributed by atoms with Gasteiger partial charge in [0.15, 0.2) is 0 Å². The van der Waals surface area contributed by atoms with E-state index in [1.54, 1.807) is 12.3 Å². The van der Waals surface area contributed by atoms with Crippen LogP contribution >= 0.6 is 0 Å². The smallest absolute Gasteiger partial charge is 0.130 e. The first kappa shape index (κ1) is 17.0. The maximum Gasteiger partial charge on any atom is 0.130 e. The van der Waals surface area contributed by atoms with Crippen molar-refractivity contribution in [3.8, 4) is 11.5 Å². The van der Waals surface area contributed by atoms with Gasteiger partial charge in [0.1, 0.15) is 18.1 Å². The van der Waals surface area contributed by atoms with Gasteiger partial charge in [0.2, 0.25) is 0 Å². The number of nitrogens with one attached hydrogen (secondary N) is 1. The molecule has 0 aliphatic heterocycles. The predicted molar refractivity (Wildman–Crippen MR) is 98.4 cm³/mol.